The summed E-state index contributed by atoms with van der Waals surface area (Å²) >= 11 is 5.88. The van der Waals surface area contributed by atoms with E-state index < -0.39 is 7.32 Å². The molecule has 2 N–H and O–H groups in total. The molecule has 6 nitrogen and oxygen atoms in total. The monoisotopic (exact) mass is 285 g/mol. The van der Waals surface area contributed by atoms with Crippen molar-refractivity contribution in [3.8, 4) is 5.75 Å². The molecule has 0 atom stereocenters. The lowest BCUT2D eigenvalue weighted by atomic mass is 10.1. The summed E-state index contributed by atoms with van der Waals surface area (Å²) in [6.07, 6.45) is 0. The number of carbonyl (C=O) groups is 1. The standard InChI is InChI=1S/C11H13BClNO5/c13-9-5-8(6-10(7-9)19-12(16)17)11(15)14-1-3-18-4-2-14/h5-7,16-17H,1-4H2. The van der Waals surface area contributed by atoms with Crippen LogP contribution in [0.15, 0.2) is 18.2 Å². The van der Waals surface area contributed by atoms with E-state index in [9.17, 15) is 4.79 Å². The first-order valence-electron chi connectivity index (χ1n) is 5.76. The largest absolute Gasteiger partial charge is 0.707 e. The van der Waals surface area contributed by atoms with Crippen molar-refractivity contribution in [2.45, 2.75) is 0 Å². The van der Waals surface area contributed by atoms with Gasteiger partial charge in [-0.05, 0) is 18.2 Å². The molecule has 8 heteroatoms. The van der Waals surface area contributed by atoms with Gasteiger partial charge in [-0.2, -0.15) is 0 Å². The lowest BCUT2D eigenvalue weighted by Gasteiger charge is -2.27. The zero-order valence-corrected chi connectivity index (χ0v) is 10.8. The number of halogens is 1. The summed E-state index contributed by atoms with van der Waals surface area (Å²) in [5.74, 6) is -0.0674. The molecule has 102 valence electrons. The Kier molecular flexibility index (Phi) is 4.65. The second kappa shape index (κ2) is 6.25. The summed E-state index contributed by atoms with van der Waals surface area (Å²) in [4.78, 5) is 13.9. The van der Waals surface area contributed by atoms with Crippen LogP contribution >= 0.6 is 11.6 Å². The molecule has 1 saturated heterocycles. The van der Waals surface area contributed by atoms with E-state index >= 15 is 0 Å². The molecule has 0 bridgehead atoms. The number of nitrogens with zero attached hydrogens (tertiary/aromatic N) is 1. The molecule has 0 spiro atoms. The van der Waals surface area contributed by atoms with Gasteiger partial charge in [-0.15, -0.1) is 0 Å². The van der Waals surface area contributed by atoms with Gasteiger partial charge >= 0.3 is 7.32 Å². The highest BCUT2D eigenvalue weighted by atomic mass is 35.5. The van der Waals surface area contributed by atoms with E-state index in [1.807, 2.05) is 0 Å². The number of benzene rings is 1. The Hall–Kier alpha value is -1.28. The zero-order chi connectivity index (χ0) is 13.8. The summed E-state index contributed by atoms with van der Waals surface area (Å²) in [5, 5.41) is 17.8. The third kappa shape index (κ3) is 3.84. The molecular weight excluding hydrogens is 272 g/mol. The van der Waals surface area contributed by atoms with Crippen molar-refractivity contribution in [2.24, 2.45) is 0 Å². The van der Waals surface area contributed by atoms with Crippen molar-refractivity contribution in [3.63, 3.8) is 0 Å². The molecule has 1 aromatic carbocycles. The second-order valence-corrected chi connectivity index (χ2v) is 4.46. The molecule has 0 radical (unpaired) electrons. The maximum absolute atomic E-state index is 12.2. The molecule has 2 rings (SSSR count). The molecule has 1 aliphatic rings. The predicted molar refractivity (Wildman–Crippen MR) is 69.0 cm³/mol. The van der Waals surface area contributed by atoms with Crippen LogP contribution in [0.25, 0.3) is 0 Å². The fraction of sp³-hybridized carbons (Fsp3) is 0.364. The third-order valence-electron chi connectivity index (χ3n) is 2.66. The van der Waals surface area contributed by atoms with Crippen molar-refractivity contribution in [1.29, 1.82) is 0 Å². The normalized spacial score (nSPS) is 15.2. The van der Waals surface area contributed by atoms with Crippen molar-refractivity contribution < 1.29 is 24.2 Å². The Morgan fingerprint density at radius 2 is 2.00 bits per heavy atom. The zero-order valence-electron chi connectivity index (χ0n) is 10.1. The van der Waals surface area contributed by atoms with Crippen molar-refractivity contribution in [1.82, 2.24) is 4.90 Å². The van der Waals surface area contributed by atoms with E-state index in [2.05, 4.69) is 0 Å². The van der Waals surface area contributed by atoms with E-state index in [0.29, 0.717) is 31.9 Å². The Morgan fingerprint density at radius 1 is 1.32 bits per heavy atom. The molecule has 0 saturated carbocycles. The number of morpholine rings is 1. The van der Waals surface area contributed by atoms with Gasteiger partial charge < -0.3 is 24.3 Å². The number of hydrogen-bond acceptors (Lipinski definition) is 5. The molecule has 1 heterocycles. The Labute approximate surface area is 115 Å². The van der Waals surface area contributed by atoms with Crippen molar-refractivity contribution >= 4 is 24.8 Å². The number of amides is 1. The topological polar surface area (TPSA) is 79.2 Å². The van der Waals surface area contributed by atoms with Gasteiger partial charge in [0.15, 0.2) is 0 Å². The summed E-state index contributed by atoms with van der Waals surface area (Å²) in [7, 11) is -1.95. The molecule has 1 aliphatic heterocycles. The molecule has 0 unspecified atom stereocenters. The van der Waals surface area contributed by atoms with Crippen LogP contribution < -0.4 is 4.65 Å². The van der Waals surface area contributed by atoms with Crippen LogP contribution in [0.3, 0.4) is 0 Å². The van der Waals surface area contributed by atoms with Gasteiger partial charge in [0, 0.05) is 23.7 Å². The fourth-order valence-corrected chi connectivity index (χ4v) is 2.05. The molecule has 1 aromatic rings. The minimum absolute atomic E-state index is 0.124. The maximum atomic E-state index is 12.2. The third-order valence-corrected chi connectivity index (χ3v) is 2.88. The Morgan fingerprint density at radius 3 is 2.63 bits per heavy atom. The van der Waals surface area contributed by atoms with Crippen LogP contribution in [0, 0.1) is 0 Å². The highest BCUT2D eigenvalue weighted by Crippen LogP contribution is 2.22. The first kappa shape index (κ1) is 14.1. The minimum Gasteiger partial charge on any atom is -0.512 e. The van der Waals surface area contributed by atoms with Crippen LogP contribution in [0.2, 0.25) is 5.02 Å². The van der Waals surface area contributed by atoms with Gasteiger partial charge in [-0.25, -0.2) is 0 Å². The van der Waals surface area contributed by atoms with Crippen LogP contribution in [0.1, 0.15) is 10.4 Å². The number of rotatable bonds is 3. The second-order valence-electron chi connectivity index (χ2n) is 4.02. The fourth-order valence-electron chi connectivity index (χ4n) is 1.82. The Bertz CT molecular complexity index is 464. The molecular formula is C11H13BClNO5. The highest BCUT2D eigenvalue weighted by Gasteiger charge is 2.20. The van der Waals surface area contributed by atoms with Gasteiger partial charge in [-0.3, -0.25) is 4.79 Å². The van der Waals surface area contributed by atoms with Gasteiger partial charge in [0.1, 0.15) is 5.75 Å². The number of ether oxygens (including phenoxy) is 1. The van der Waals surface area contributed by atoms with Crippen LogP contribution in [-0.2, 0) is 4.74 Å². The van der Waals surface area contributed by atoms with Crippen LogP contribution in [0.4, 0.5) is 0 Å². The summed E-state index contributed by atoms with van der Waals surface area (Å²) in [6, 6.07) is 4.33. The molecule has 0 aromatic heterocycles. The van der Waals surface area contributed by atoms with Gasteiger partial charge in [0.05, 0.1) is 13.2 Å². The van der Waals surface area contributed by atoms with E-state index in [1.165, 1.54) is 18.2 Å². The van der Waals surface area contributed by atoms with E-state index in [-0.39, 0.29) is 16.7 Å². The Balaban J connectivity index is 2.18. The van der Waals surface area contributed by atoms with Crippen LogP contribution in [-0.4, -0.2) is 54.5 Å². The highest BCUT2D eigenvalue weighted by molar-refractivity contribution is 6.34. The van der Waals surface area contributed by atoms with Gasteiger partial charge in [0.2, 0.25) is 0 Å². The average molecular weight is 285 g/mol. The van der Waals surface area contributed by atoms with E-state index in [0.717, 1.165) is 0 Å². The SMILES string of the molecule is O=C(c1cc(Cl)cc(OB(O)O)c1)N1CCOCC1. The molecule has 0 aliphatic carbocycles. The van der Waals surface area contributed by atoms with E-state index in [1.54, 1.807) is 4.90 Å². The van der Waals surface area contributed by atoms with E-state index in [4.69, 9.17) is 31.0 Å². The van der Waals surface area contributed by atoms with Crippen molar-refractivity contribution in [2.75, 3.05) is 26.3 Å². The first-order valence-corrected chi connectivity index (χ1v) is 6.14. The van der Waals surface area contributed by atoms with Crippen molar-refractivity contribution in [3.05, 3.63) is 28.8 Å². The average Bonchev–Trinajstić information content (AvgIpc) is 2.37. The molecule has 1 amide bonds. The summed E-state index contributed by atoms with van der Waals surface area (Å²) in [5.41, 5.74) is 0.338. The lowest BCUT2D eigenvalue weighted by Crippen LogP contribution is -2.40. The number of carbonyl (C=O) groups excluding carboxylic acids is 1. The first-order chi connectivity index (χ1) is 9.06. The molecule has 19 heavy (non-hydrogen) atoms. The molecule has 1 fully saturated rings. The lowest BCUT2D eigenvalue weighted by molar-refractivity contribution is 0.0302. The maximum Gasteiger partial charge on any atom is 0.707 e. The smallest absolute Gasteiger partial charge is 0.512 e. The minimum atomic E-state index is -1.95. The summed E-state index contributed by atoms with van der Waals surface area (Å²) in [6.45, 7) is 2.05. The summed E-state index contributed by atoms with van der Waals surface area (Å²) < 4.78 is 9.88. The van der Waals surface area contributed by atoms with Crippen LogP contribution in [0.5, 0.6) is 5.75 Å². The number of hydrogen-bond donors (Lipinski definition) is 2. The van der Waals surface area contributed by atoms with Gasteiger partial charge in [0.25, 0.3) is 5.91 Å². The van der Waals surface area contributed by atoms with Gasteiger partial charge in [-0.1, -0.05) is 11.6 Å². The quantitative estimate of drug-likeness (QED) is 0.774. The predicted octanol–water partition coefficient (Wildman–Crippen LogP) is 0.161.